The Morgan fingerprint density at radius 2 is 2.25 bits per heavy atom. The molecule has 0 amide bonds. The maximum Gasteiger partial charge on any atom is 0.208 e. The summed E-state index contributed by atoms with van der Waals surface area (Å²) in [5, 5.41) is 9.49. The normalized spacial score (nSPS) is 10.4. The number of aromatic nitrogens is 2. The lowest BCUT2D eigenvalue weighted by Gasteiger charge is -2.03. The summed E-state index contributed by atoms with van der Waals surface area (Å²) in [6, 6.07) is 3.37. The van der Waals surface area contributed by atoms with Crippen LogP contribution >= 0.6 is 23.1 Å². The molecule has 0 N–H and O–H groups in total. The summed E-state index contributed by atoms with van der Waals surface area (Å²) < 4.78 is 6.01. The van der Waals surface area contributed by atoms with E-state index in [0.29, 0.717) is 17.1 Å². The summed E-state index contributed by atoms with van der Waals surface area (Å²) >= 11 is 2.83. The molecule has 0 aliphatic carbocycles. The zero-order valence-electron chi connectivity index (χ0n) is 8.71. The lowest BCUT2D eigenvalue weighted by molar-refractivity contribution is 0.109. The van der Waals surface area contributed by atoms with Crippen molar-refractivity contribution in [1.82, 2.24) is 10.2 Å². The molecule has 0 fully saturated rings. The van der Waals surface area contributed by atoms with Gasteiger partial charge < -0.3 is 9.32 Å². The lowest BCUT2D eigenvalue weighted by Crippen LogP contribution is -2.07. The van der Waals surface area contributed by atoms with Crippen LogP contribution in [0.5, 0.6) is 0 Å². The summed E-state index contributed by atoms with van der Waals surface area (Å²) in [6.45, 7) is 0. The first-order valence-electron chi connectivity index (χ1n) is 4.43. The third-order valence-electron chi connectivity index (χ3n) is 1.68. The van der Waals surface area contributed by atoms with E-state index in [1.54, 1.807) is 12.1 Å². The van der Waals surface area contributed by atoms with Crippen LogP contribution in [-0.4, -0.2) is 30.6 Å². The number of hydrogen-bond acceptors (Lipinski definition) is 7. The van der Waals surface area contributed by atoms with E-state index in [0.717, 1.165) is 9.47 Å². The highest BCUT2D eigenvalue weighted by molar-refractivity contribution is 8.01. The fourth-order valence-electron chi connectivity index (χ4n) is 0.963. The number of anilines is 1. The SMILES string of the molecule is CN(C)c1nnc(Sc2ccc(C=O)o2)s1. The summed E-state index contributed by atoms with van der Waals surface area (Å²) in [5.74, 6) is 0.319. The molecule has 2 aromatic rings. The average Bonchev–Trinajstić information content (AvgIpc) is 2.87. The van der Waals surface area contributed by atoms with Crippen molar-refractivity contribution in [3.63, 3.8) is 0 Å². The molecule has 0 saturated heterocycles. The van der Waals surface area contributed by atoms with Crippen molar-refractivity contribution < 1.29 is 9.21 Å². The topological polar surface area (TPSA) is 59.2 Å². The maximum absolute atomic E-state index is 10.4. The molecule has 0 radical (unpaired) electrons. The maximum atomic E-state index is 10.4. The molecule has 84 valence electrons. The lowest BCUT2D eigenvalue weighted by atomic mass is 10.5. The number of nitrogens with zero attached hydrogens (tertiary/aromatic N) is 3. The van der Waals surface area contributed by atoms with Gasteiger partial charge in [0.1, 0.15) is 0 Å². The number of carbonyl (C=O) groups excluding carboxylic acids is 1. The predicted octanol–water partition coefficient (Wildman–Crippen LogP) is 2.16. The van der Waals surface area contributed by atoms with E-state index in [2.05, 4.69) is 10.2 Å². The highest BCUT2D eigenvalue weighted by atomic mass is 32.2. The highest BCUT2D eigenvalue weighted by Gasteiger charge is 2.09. The van der Waals surface area contributed by atoms with Gasteiger partial charge in [-0.15, -0.1) is 10.2 Å². The summed E-state index contributed by atoms with van der Waals surface area (Å²) in [5.41, 5.74) is 0. The molecule has 0 spiro atoms. The van der Waals surface area contributed by atoms with Crippen LogP contribution in [0.15, 0.2) is 26.0 Å². The molecule has 16 heavy (non-hydrogen) atoms. The van der Waals surface area contributed by atoms with Crippen LogP contribution in [0.3, 0.4) is 0 Å². The molecular weight excluding hydrogens is 246 g/mol. The predicted molar refractivity (Wildman–Crippen MR) is 62.5 cm³/mol. The van der Waals surface area contributed by atoms with Gasteiger partial charge in [-0.3, -0.25) is 4.79 Å². The Balaban J connectivity index is 2.11. The third-order valence-corrected chi connectivity index (χ3v) is 3.75. The minimum absolute atomic E-state index is 0.319. The van der Waals surface area contributed by atoms with Gasteiger partial charge in [-0.05, 0) is 23.9 Å². The smallest absolute Gasteiger partial charge is 0.208 e. The molecule has 0 aromatic carbocycles. The fourth-order valence-corrected chi connectivity index (χ4v) is 2.63. The van der Waals surface area contributed by atoms with Gasteiger partial charge in [0.25, 0.3) is 0 Å². The average molecular weight is 255 g/mol. The van der Waals surface area contributed by atoms with E-state index in [9.17, 15) is 4.79 Å². The number of hydrogen-bond donors (Lipinski definition) is 0. The van der Waals surface area contributed by atoms with Crippen LogP contribution in [0.4, 0.5) is 5.13 Å². The van der Waals surface area contributed by atoms with Crippen molar-refractivity contribution >= 4 is 34.5 Å². The molecular formula is C9H9N3O2S2. The second-order valence-electron chi connectivity index (χ2n) is 3.12. The van der Waals surface area contributed by atoms with Crippen molar-refractivity contribution in [3.8, 4) is 0 Å². The van der Waals surface area contributed by atoms with Gasteiger partial charge in [-0.2, -0.15) is 0 Å². The molecule has 7 heteroatoms. The van der Waals surface area contributed by atoms with Crippen molar-refractivity contribution in [2.45, 2.75) is 9.43 Å². The molecule has 0 atom stereocenters. The number of furan rings is 1. The van der Waals surface area contributed by atoms with Crippen LogP contribution in [0, 0.1) is 0 Å². The van der Waals surface area contributed by atoms with E-state index >= 15 is 0 Å². The Hall–Kier alpha value is -1.34. The first-order valence-corrected chi connectivity index (χ1v) is 6.06. The van der Waals surface area contributed by atoms with E-state index in [1.807, 2.05) is 19.0 Å². The van der Waals surface area contributed by atoms with E-state index in [1.165, 1.54) is 23.1 Å². The van der Waals surface area contributed by atoms with Gasteiger partial charge in [0, 0.05) is 14.1 Å². The van der Waals surface area contributed by atoms with Gasteiger partial charge in [0.05, 0.1) is 0 Å². The molecule has 0 saturated carbocycles. The molecule has 0 unspecified atom stereocenters. The number of rotatable bonds is 4. The van der Waals surface area contributed by atoms with Crippen LogP contribution in [0.2, 0.25) is 0 Å². The zero-order valence-corrected chi connectivity index (χ0v) is 10.3. The second-order valence-corrected chi connectivity index (χ2v) is 5.33. The molecule has 2 aromatic heterocycles. The fraction of sp³-hybridized carbons (Fsp3) is 0.222. The monoisotopic (exact) mass is 255 g/mol. The van der Waals surface area contributed by atoms with Gasteiger partial charge in [0.15, 0.2) is 21.5 Å². The molecule has 0 aliphatic heterocycles. The van der Waals surface area contributed by atoms with Gasteiger partial charge in [-0.25, -0.2) is 0 Å². The Kier molecular flexibility index (Phi) is 3.25. The van der Waals surface area contributed by atoms with Crippen LogP contribution in [0.1, 0.15) is 10.6 Å². The minimum Gasteiger partial charge on any atom is -0.447 e. The standard InChI is InChI=1S/C9H9N3O2S2/c1-12(2)8-10-11-9(16-8)15-7-4-3-6(5-13)14-7/h3-5H,1-2H3. The molecule has 5 nitrogen and oxygen atoms in total. The second kappa shape index (κ2) is 4.67. The quantitative estimate of drug-likeness (QED) is 0.780. The summed E-state index contributed by atoms with van der Waals surface area (Å²) in [4.78, 5) is 12.3. The van der Waals surface area contributed by atoms with E-state index in [-0.39, 0.29) is 0 Å². The molecule has 2 rings (SSSR count). The van der Waals surface area contributed by atoms with E-state index in [4.69, 9.17) is 4.42 Å². The van der Waals surface area contributed by atoms with Crippen molar-refractivity contribution in [2.24, 2.45) is 0 Å². The third kappa shape index (κ3) is 2.42. The number of aldehydes is 1. The summed E-state index contributed by atoms with van der Waals surface area (Å²) in [7, 11) is 3.82. The highest BCUT2D eigenvalue weighted by Crippen LogP contribution is 2.33. The van der Waals surface area contributed by atoms with Crippen molar-refractivity contribution in [1.29, 1.82) is 0 Å². The Morgan fingerprint density at radius 3 is 2.81 bits per heavy atom. The first-order chi connectivity index (χ1) is 7.69. The Bertz CT molecular complexity index is 492. The van der Waals surface area contributed by atoms with Crippen LogP contribution in [0.25, 0.3) is 0 Å². The van der Waals surface area contributed by atoms with E-state index < -0.39 is 0 Å². The molecule has 0 aliphatic rings. The van der Waals surface area contributed by atoms with Gasteiger partial charge >= 0.3 is 0 Å². The Morgan fingerprint density at radius 1 is 1.44 bits per heavy atom. The molecule has 0 bridgehead atoms. The van der Waals surface area contributed by atoms with Crippen molar-refractivity contribution in [2.75, 3.05) is 19.0 Å². The van der Waals surface area contributed by atoms with Crippen LogP contribution in [-0.2, 0) is 0 Å². The number of carbonyl (C=O) groups is 1. The van der Waals surface area contributed by atoms with Crippen molar-refractivity contribution in [3.05, 3.63) is 17.9 Å². The van der Waals surface area contributed by atoms with Gasteiger partial charge in [0.2, 0.25) is 5.13 Å². The minimum atomic E-state index is 0.319. The largest absolute Gasteiger partial charge is 0.447 e. The molecule has 2 heterocycles. The van der Waals surface area contributed by atoms with Gasteiger partial charge in [-0.1, -0.05) is 11.3 Å². The Labute approximate surface area is 100 Å². The van der Waals surface area contributed by atoms with Crippen LogP contribution < -0.4 is 4.90 Å². The first kappa shape index (κ1) is 11.2. The zero-order chi connectivity index (χ0) is 11.5. The summed E-state index contributed by atoms with van der Waals surface area (Å²) in [6.07, 6.45) is 0.676.